The van der Waals surface area contributed by atoms with Gasteiger partial charge in [-0.3, -0.25) is 9.59 Å². The lowest BCUT2D eigenvalue weighted by atomic mass is 9.91. The van der Waals surface area contributed by atoms with E-state index in [9.17, 15) is 9.59 Å². The Kier molecular flexibility index (Phi) is 8.91. The first-order valence-corrected chi connectivity index (χ1v) is 12.4. The van der Waals surface area contributed by atoms with Crippen LogP contribution in [0.15, 0.2) is 60.8 Å². The number of fused-ring (bicyclic) bond motifs is 1. The van der Waals surface area contributed by atoms with Gasteiger partial charge in [-0.15, -0.1) is 0 Å². The molecule has 1 N–H and O–H groups in total. The number of nitrogens with zero attached hydrogens (tertiary/aromatic N) is 2. The lowest BCUT2D eigenvalue weighted by molar-refractivity contribution is -0.142. The summed E-state index contributed by atoms with van der Waals surface area (Å²) in [7, 11) is 0. The summed E-state index contributed by atoms with van der Waals surface area (Å²) in [5, 5.41) is 1.19. The Morgan fingerprint density at radius 1 is 0.882 bits per heavy atom. The monoisotopic (exact) mass is 461 g/mol. The van der Waals surface area contributed by atoms with Gasteiger partial charge in [-0.25, -0.2) is 0 Å². The molecule has 0 saturated heterocycles. The van der Waals surface area contributed by atoms with Crippen LogP contribution in [-0.4, -0.2) is 46.2 Å². The van der Waals surface area contributed by atoms with Gasteiger partial charge in [-0.1, -0.05) is 82.6 Å². The zero-order valence-electron chi connectivity index (χ0n) is 21.1. The third kappa shape index (κ3) is 7.47. The van der Waals surface area contributed by atoms with Crippen molar-refractivity contribution in [1.29, 1.82) is 0 Å². The first-order valence-electron chi connectivity index (χ1n) is 12.4. The maximum absolute atomic E-state index is 13.5. The zero-order valence-corrected chi connectivity index (χ0v) is 21.1. The molecular formula is C29H39N3O2. The number of H-pyrrole nitrogens is 1. The summed E-state index contributed by atoms with van der Waals surface area (Å²) in [6.45, 7) is 10.2. The number of aromatic amines is 1. The Bertz CT molecular complexity index is 1070. The van der Waals surface area contributed by atoms with Crippen molar-refractivity contribution in [3.05, 3.63) is 71.9 Å². The number of benzene rings is 2. The summed E-state index contributed by atoms with van der Waals surface area (Å²) >= 11 is 0. The van der Waals surface area contributed by atoms with Gasteiger partial charge in [-0.05, 0) is 35.4 Å². The molecule has 34 heavy (non-hydrogen) atoms. The number of unbranched alkanes of at least 4 members (excludes halogenated alkanes) is 1. The Morgan fingerprint density at radius 3 is 2.29 bits per heavy atom. The van der Waals surface area contributed by atoms with Gasteiger partial charge in [0.1, 0.15) is 0 Å². The van der Waals surface area contributed by atoms with Crippen LogP contribution in [0.2, 0.25) is 0 Å². The van der Waals surface area contributed by atoms with E-state index in [1.165, 1.54) is 10.9 Å². The van der Waals surface area contributed by atoms with Gasteiger partial charge in [0.15, 0.2) is 0 Å². The number of hydrogen-bond donors (Lipinski definition) is 1. The Hall–Kier alpha value is -3.08. The number of para-hydroxylation sites is 1. The van der Waals surface area contributed by atoms with Crippen molar-refractivity contribution in [1.82, 2.24) is 14.8 Å². The zero-order chi connectivity index (χ0) is 24.6. The molecule has 2 amide bonds. The molecule has 3 rings (SSSR count). The van der Waals surface area contributed by atoms with Crippen molar-refractivity contribution < 1.29 is 9.59 Å². The molecule has 0 bridgehead atoms. The smallest absolute Gasteiger partial charge is 0.242 e. The second-order valence-electron chi connectivity index (χ2n) is 10.3. The first kappa shape index (κ1) is 25.5. The van der Waals surface area contributed by atoms with Crippen molar-refractivity contribution in [3.63, 3.8) is 0 Å². The third-order valence-electron chi connectivity index (χ3n) is 6.04. The number of carbonyl (C=O) groups excluding carboxylic acids is 2. The van der Waals surface area contributed by atoms with Crippen LogP contribution < -0.4 is 0 Å². The predicted octanol–water partition coefficient (Wildman–Crippen LogP) is 5.80. The quantitative estimate of drug-likeness (QED) is 0.392. The molecular weight excluding hydrogens is 422 g/mol. The summed E-state index contributed by atoms with van der Waals surface area (Å²) in [6, 6.07) is 18.3. The van der Waals surface area contributed by atoms with Crippen LogP contribution in [-0.2, 0) is 22.6 Å². The van der Waals surface area contributed by atoms with E-state index < -0.39 is 0 Å². The van der Waals surface area contributed by atoms with Crippen LogP contribution in [0.1, 0.15) is 58.1 Å². The van der Waals surface area contributed by atoms with Crippen LogP contribution in [0.25, 0.3) is 10.9 Å². The number of carbonyl (C=O) groups is 2. The number of nitrogens with one attached hydrogen (secondary N) is 1. The predicted molar refractivity (Wildman–Crippen MR) is 139 cm³/mol. The standard InChI is InChI=1S/C29H39N3O2/c1-5-6-17-31(27(33)19-29(2,3)4)22-28(34)32(21-23-12-8-7-9-13-23)18-16-24-20-30-26-15-11-10-14-25(24)26/h7-15,20,30H,5-6,16-19,21-22H2,1-4H3. The average molecular weight is 462 g/mol. The first-order chi connectivity index (χ1) is 16.3. The molecule has 0 unspecified atom stereocenters. The fourth-order valence-electron chi connectivity index (χ4n) is 4.16. The molecule has 1 heterocycles. The second kappa shape index (κ2) is 11.9. The molecule has 0 aliphatic carbocycles. The van der Waals surface area contributed by atoms with Crippen molar-refractivity contribution in [2.45, 2.75) is 59.9 Å². The Morgan fingerprint density at radius 2 is 1.59 bits per heavy atom. The van der Waals surface area contributed by atoms with E-state index in [1.54, 1.807) is 4.90 Å². The summed E-state index contributed by atoms with van der Waals surface area (Å²) in [5.74, 6) is 0.0626. The molecule has 0 aliphatic heterocycles. The lowest BCUT2D eigenvalue weighted by Crippen LogP contribution is -2.44. The minimum absolute atomic E-state index is 0.00190. The number of hydrogen-bond acceptors (Lipinski definition) is 2. The summed E-state index contributed by atoms with van der Waals surface area (Å²) in [5.41, 5.74) is 3.30. The van der Waals surface area contributed by atoms with Crippen molar-refractivity contribution >= 4 is 22.7 Å². The number of rotatable bonds is 11. The SMILES string of the molecule is CCCCN(CC(=O)N(CCc1c[nH]c2ccccc12)Cc1ccccc1)C(=O)CC(C)(C)C. The maximum Gasteiger partial charge on any atom is 0.242 e. The maximum atomic E-state index is 13.5. The van der Waals surface area contributed by atoms with Gasteiger partial charge in [0.25, 0.3) is 0 Å². The van der Waals surface area contributed by atoms with E-state index in [2.05, 4.69) is 44.8 Å². The number of aromatic nitrogens is 1. The highest BCUT2D eigenvalue weighted by Gasteiger charge is 2.25. The lowest BCUT2D eigenvalue weighted by Gasteiger charge is -2.30. The molecule has 182 valence electrons. The molecule has 5 heteroatoms. The van der Waals surface area contributed by atoms with Crippen molar-refractivity contribution in [3.8, 4) is 0 Å². The Labute approximate surface area is 204 Å². The van der Waals surface area contributed by atoms with Crippen molar-refractivity contribution in [2.24, 2.45) is 5.41 Å². The molecule has 2 aromatic carbocycles. The van der Waals surface area contributed by atoms with E-state index in [0.29, 0.717) is 26.1 Å². The summed E-state index contributed by atoms with van der Waals surface area (Å²) in [6.07, 6.45) is 5.13. The van der Waals surface area contributed by atoms with E-state index in [-0.39, 0.29) is 23.8 Å². The molecule has 0 fully saturated rings. The van der Waals surface area contributed by atoms with E-state index in [1.807, 2.05) is 53.6 Å². The minimum Gasteiger partial charge on any atom is -0.361 e. The van der Waals surface area contributed by atoms with E-state index in [4.69, 9.17) is 0 Å². The molecule has 0 saturated carbocycles. The highest BCUT2D eigenvalue weighted by molar-refractivity contribution is 5.85. The van der Waals surface area contributed by atoms with Crippen LogP contribution in [0.4, 0.5) is 0 Å². The highest BCUT2D eigenvalue weighted by Crippen LogP contribution is 2.21. The molecule has 1 aromatic heterocycles. The fraction of sp³-hybridized carbons (Fsp3) is 0.448. The molecule has 5 nitrogen and oxygen atoms in total. The minimum atomic E-state index is -0.107. The second-order valence-corrected chi connectivity index (χ2v) is 10.3. The van der Waals surface area contributed by atoms with Crippen LogP contribution in [0.3, 0.4) is 0 Å². The highest BCUT2D eigenvalue weighted by atomic mass is 16.2. The molecule has 0 aliphatic rings. The molecule has 3 aromatic rings. The van der Waals surface area contributed by atoms with Crippen LogP contribution in [0.5, 0.6) is 0 Å². The largest absolute Gasteiger partial charge is 0.361 e. The fourth-order valence-corrected chi connectivity index (χ4v) is 4.16. The average Bonchev–Trinajstić information content (AvgIpc) is 3.22. The van der Waals surface area contributed by atoms with E-state index in [0.717, 1.165) is 30.3 Å². The van der Waals surface area contributed by atoms with Gasteiger partial charge >= 0.3 is 0 Å². The van der Waals surface area contributed by atoms with Gasteiger partial charge in [0, 0.05) is 43.2 Å². The third-order valence-corrected chi connectivity index (χ3v) is 6.04. The molecule has 0 atom stereocenters. The van der Waals surface area contributed by atoms with Gasteiger partial charge in [0.2, 0.25) is 11.8 Å². The topological polar surface area (TPSA) is 56.4 Å². The molecule has 0 radical (unpaired) electrons. The molecule has 0 spiro atoms. The van der Waals surface area contributed by atoms with Gasteiger partial charge < -0.3 is 14.8 Å². The van der Waals surface area contributed by atoms with Gasteiger partial charge in [0.05, 0.1) is 6.54 Å². The van der Waals surface area contributed by atoms with Gasteiger partial charge in [-0.2, -0.15) is 0 Å². The normalized spacial score (nSPS) is 11.5. The summed E-state index contributed by atoms with van der Waals surface area (Å²) < 4.78 is 0. The van der Waals surface area contributed by atoms with E-state index >= 15 is 0 Å². The Balaban J connectivity index is 1.76. The van der Waals surface area contributed by atoms with Crippen LogP contribution >= 0.6 is 0 Å². The van der Waals surface area contributed by atoms with Crippen molar-refractivity contribution in [2.75, 3.05) is 19.6 Å². The summed E-state index contributed by atoms with van der Waals surface area (Å²) in [4.78, 5) is 33.6. The van der Waals surface area contributed by atoms with Crippen LogP contribution in [0, 0.1) is 5.41 Å². The number of amides is 2.